The SMILES string of the molecule is [C]1C23CCCC24C2CCC3C13CCCC234. The van der Waals surface area contributed by atoms with Crippen molar-refractivity contribution in [3.63, 3.8) is 0 Å². The number of hydrogen-bond acceptors (Lipinski definition) is 0. The molecule has 0 aromatic heterocycles. The maximum Gasteiger partial charge on any atom is -0.00202 e. The summed E-state index contributed by atoms with van der Waals surface area (Å²) in [4.78, 5) is 0. The second-order valence-corrected chi connectivity index (χ2v) is 7.40. The van der Waals surface area contributed by atoms with E-state index in [1.165, 1.54) is 31.6 Å². The summed E-state index contributed by atoms with van der Waals surface area (Å²) in [6.07, 6.45) is 16.7. The van der Waals surface area contributed by atoms with E-state index in [9.17, 15) is 0 Å². The van der Waals surface area contributed by atoms with E-state index in [1.807, 2.05) is 0 Å². The molecule has 4 unspecified atom stereocenters. The van der Waals surface area contributed by atoms with Crippen LogP contribution in [-0.2, 0) is 0 Å². The molecular weight excluding hydrogens is 180 g/mol. The van der Waals surface area contributed by atoms with Crippen molar-refractivity contribution in [2.24, 2.45) is 33.5 Å². The molecule has 0 aromatic carbocycles. The molecule has 0 saturated heterocycles. The molecule has 78 valence electrons. The van der Waals surface area contributed by atoms with Gasteiger partial charge in [0.05, 0.1) is 0 Å². The maximum atomic E-state index is 4.18. The molecule has 7 aliphatic carbocycles. The van der Waals surface area contributed by atoms with Crippen LogP contribution in [0.3, 0.4) is 0 Å². The van der Waals surface area contributed by atoms with Crippen molar-refractivity contribution in [2.45, 2.75) is 51.4 Å². The summed E-state index contributed by atoms with van der Waals surface area (Å²) in [6.45, 7) is 0. The highest BCUT2D eigenvalue weighted by Gasteiger charge is 3.03. The predicted octanol–water partition coefficient (Wildman–Crippen LogP) is 3.45. The largest absolute Gasteiger partial charge is 0.0521 e. The molecule has 7 rings (SSSR count). The van der Waals surface area contributed by atoms with E-state index in [0.29, 0.717) is 10.8 Å². The van der Waals surface area contributed by atoms with Gasteiger partial charge in [0.15, 0.2) is 0 Å². The molecular formula is C15H18. The summed E-state index contributed by atoms with van der Waals surface area (Å²) in [5.74, 6) is 2.31. The maximum absolute atomic E-state index is 4.18. The average Bonchev–Trinajstić information content (AvgIpc) is 2.60. The third-order valence-electron chi connectivity index (χ3n) is 8.16. The molecule has 0 amide bonds. The molecule has 4 spiro atoms. The van der Waals surface area contributed by atoms with E-state index in [0.717, 1.165) is 16.7 Å². The van der Waals surface area contributed by atoms with E-state index in [4.69, 9.17) is 0 Å². The fourth-order valence-electron chi connectivity index (χ4n) is 8.64. The van der Waals surface area contributed by atoms with Crippen molar-refractivity contribution in [1.82, 2.24) is 0 Å². The molecule has 15 heavy (non-hydrogen) atoms. The summed E-state index contributed by atoms with van der Waals surface area (Å²) in [5.41, 5.74) is 3.13. The van der Waals surface area contributed by atoms with Gasteiger partial charge in [0, 0.05) is 0 Å². The topological polar surface area (TPSA) is 0 Å². The highest BCUT2D eigenvalue weighted by atomic mass is 15.1. The summed E-state index contributed by atoms with van der Waals surface area (Å²) < 4.78 is 0. The van der Waals surface area contributed by atoms with E-state index >= 15 is 0 Å². The van der Waals surface area contributed by atoms with E-state index in [2.05, 4.69) is 6.42 Å². The standard InChI is InChI=1S/C15H18/c1-5-12-9-13-6-2-8-15(13)11(4-3-10(12)13)14(12,15)7-1/h10-11H,1-8H2. The Morgan fingerprint density at radius 3 is 2.00 bits per heavy atom. The van der Waals surface area contributed by atoms with Gasteiger partial charge in [-0.25, -0.2) is 0 Å². The Labute approximate surface area is 91.8 Å². The zero-order valence-electron chi connectivity index (χ0n) is 9.31. The molecule has 4 atom stereocenters. The van der Waals surface area contributed by atoms with E-state index in [-0.39, 0.29) is 0 Å². The van der Waals surface area contributed by atoms with Gasteiger partial charge in [-0.05, 0) is 78.4 Å². The van der Waals surface area contributed by atoms with Gasteiger partial charge in [-0.2, -0.15) is 0 Å². The minimum absolute atomic E-state index is 0.705. The van der Waals surface area contributed by atoms with Crippen LogP contribution >= 0.6 is 0 Å². The van der Waals surface area contributed by atoms with Crippen molar-refractivity contribution in [3.8, 4) is 0 Å². The van der Waals surface area contributed by atoms with Crippen LogP contribution in [0, 0.1) is 39.9 Å². The molecule has 7 saturated carbocycles. The minimum atomic E-state index is 0.705. The van der Waals surface area contributed by atoms with Crippen molar-refractivity contribution in [1.29, 1.82) is 0 Å². The quantitative estimate of drug-likeness (QED) is 0.559. The van der Waals surface area contributed by atoms with Crippen LogP contribution < -0.4 is 0 Å². The van der Waals surface area contributed by atoms with Crippen LogP contribution in [0.2, 0.25) is 0 Å². The molecule has 0 N–H and O–H groups in total. The zero-order valence-corrected chi connectivity index (χ0v) is 9.31. The van der Waals surface area contributed by atoms with Gasteiger partial charge in [0.1, 0.15) is 0 Å². The Bertz CT molecular complexity index is 378. The van der Waals surface area contributed by atoms with Crippen molar-refractivity contribution in [3.05, 3.63) is 6.42 Å². The first-order chi connectivity index (χ1) is 7.34. The highest BCUT2D eigenvalue weighted by Crippen LogP contribution is 3.08. The molecule has 2 radical (unpaired) electrons. The molecule has 7 fully saturated rings. The number of fused-ring (bicyclic) bond motifs is 1. The number of hydrogen-bond donors (Lipinski definition) is 0. The first-order valence-electron chi connectivity index (χ1n) is 7.14. The highest BCUT2D eigenvalue weighted by molar-refractivity contribution is 5.56. The number of rotatable bonds is 0. The Balaban J connectivity index is 1.75. The summed E-state index contributed by atoms with van der Waals surface area (Å²) in [6, 6.07) is 0. The van der Waals surface area contributed by atoms with Gasteiger partial charge in [-0.15, -0.1) is 0 Å². The Kier molecular flexibility index (Phi) is 0.762. The van der Waals surface area contributed by atoms with Gasteiger partial charge in [0.2, 0.25) is 0 Å². The lowest BCUT2D eigenvalue weighted by Crippen LogP contribution is -2.57. The smallest absolute Gasteiger partial charge is 0.00202 e. The van der Waals surface area contributed by atoms with E-state index in [1.54, 1.807) is 25.7 Å². The van der Waals surface area contributed by atoms with E-state index < -0.39 is 0 Å². The summed E-state index contributed by atoms with van der Waals surface area (Å²) in [7, 11) is 0. The molecule has 0 heterocycles. The van der Waals surface area contributed by atoms with Crippen LogP contribution in [0.15, 0.2) is 0 Å². The van der Waals surface area contributed by atoms with Crippen molar-refractivity contribution < 1.29 is 0 Å². The van der Waals surface area contributed by atoms with Crippen molar-refractivity contribution >= 4 is 0 Å². The third kappa shape index (κ3) is 0.349. The molecule has 6 bridgehead atoms. The van der Waals surface area contributed by atoms with Gasteiger partial charge >= 0.3 is 0 Å². The van der Waals surface area contributed by atoms with Gasteiger partial charge < -0.3 is 0 Å². The molecule has 0 aliphatic heterocycles. The summed E-state index contributed by atoms with van der Waals surface area (Å²) in [5, 5.41) is 0. The second-order valence-electron chi connectivity index (χ2n) is 7.40. The second kappa shape index (κ2) is 1.56. The van der Waals surface area contributed by atoms with Crippen LogP contribution in [0.25, 0.3) is 0 Å². The normalized spacial score (nSPS) is 80.0. The van der Waals surface area contributed by atoms with Gasteiger partial charge in [-0.1, -0.05) is 12.8 Å². The Hall–Kier alpha value is 0. The monoisotopic (exact) mass is 198 g/mol. The van der Waals surface area contributed by atoms with Crippen molar-refractivity contribution in [2.75, 3.05) is 0 Å². The molecule has 0 heteroatoms. The van der Waals surface area contributed by atoms with Crippen LogP contribution in [0.5, 0.6) is 0 Å². The van der Waals surface area contributed by atoms with Crippen LogP contribution in [0.1, 0.15) is 51.4 Å². The lowest BCUT2D eigenvalue weighted by Gasteiger charge is -2.63. The van der Waals surface area contributed by atoms with Gasteiger partial charge in [-0.3, -0.25) is 0 Å². The predicted molar refractivity (Wildman–Crippen MR) is 56.9 cm³/mol. The fraction of sp³-hybridized carbons (Fsp3) is 0.933. The average molecular weight is 198 g/mol. The third-order valence-corrected chi connectivity index (χ3v) is 8.16. The zero-order chi connectivity index (χ0) is 9.52. The fourth-order valence-corrected chi connectivity index (χ4v) is 8.64. The lowest BCUT2D eigenvalue weighted by molar-refractivity contribution is -0.0877. The molecule has 7 aliphatic rings. The van der Waals surface area contributed by atoms with Crippen LogP contribution in [0.4, 0.5) is 0 Å². The summed E-state index contributed by atoms with van der Waals surface area (Å²) >= 11 is 0. The molecule has 0 aromatic rings. The van der Waals surface area contributed by atoms with Crippen LogP contribution in [-0.4, -0.2) is 0 Å². The minimum Gasteiger partial charge on any atom is -0.0521 e. The first kappa shape index (κ1) is 7.35. The first-order valence-corrected chi connectivity index (χ1v) is 7.14. The molecule has 0 nitrogen and oxygen atoms in total. The Morgan fingerprint density at radius 2 is 1.33 bits per heavy atom. The Morgan fingerprint density at radius 1 is 0.733 bits per heavy atom. The lowest BCUT2D eigenvalue weighted by atomic mass is 9.40. The van der Waals surface area contributed by atoms with Gasteiger partial charge in [0.25, 0.3) is 0 Å².